The highest BCUT2D eigenvalue weighted by Gasteiger charge is 2.26. The van der Waals surface area contributed by atoms with E-state index in [0.29, 0.717) is 5.75 Å². The van der Waals surface area contributed by atoms with Crippen LogP contribution in [0.5, 0.6) is 5.75 Å². The molecular weight excluding hydrogens is 270 g/mol. The second kappa shape index (κ2) is 5.04. The Morgan fingerprint density at radius 1 is 1.42 bits per heavy atom. The van der Waals surface area contributed by atoms with Crippen LogP contribution in [0, 0.1) is 0 Å². The Kier molecular flexibility index (Phi) is 3.61. The maximum atomic E-state index is 11.5. The van der Waals surface area contributed by atoms with E-state index in [1.165, 1.54) is 13.1 Å². The monoisotopic (exact) mass is 285 g/mol. The number of ether oxygens (including phenoxy) is 1. The molecule has 1 saturated carbocycles. The second-order valence-electron chi connectivity index (χ2n) is 4.31. The Morgan fingerprint density at radius 2 is 2.11 bits per heavy atom. The summed E-state index contributed by atoms with van der Waals surface area (Å²) in [5.74, 6) is -0.0226. The van der Waals surface area contributed by atoms with Gasteiger partial charge >= 0.3 is 0 Å². The Bertz CT molecular complexity index is 596. The quantitative estimate of drug-likeness (QED) is 0.813. The molecule has 104 valence electrons. The number of sulfonamides is 1. The molecule has 2 N–H and O–H groups in total. The van der Waals surface area contributed by atoms with E-state index >= 15 is 0 Å². The zero-order valence-corrected chi connectivity index (χ0v) is 11.5. The molecule has 7 nitrogen and oxygen atoms in total. The number of carbonyl (C=O) groups excluding carboxylic acids is 1. The summed E-state index contributed by atoms with van der Waals surface area (Å²) in [4.78, 5) is 15.5. The standard InChI is InChI=1S/C11H15N3O4S/c1-12-11(15)8-5-6-9(18-7-3-4-7)10(13-8)14-19(2,16)17/h5-7H,3-4H2,1-2H3,(H,12,15)(H,13,14). The van der Waals surface area contributed by atoms with E-state index in [4.69, 9.17) is 4.74 Å². The van der Waals surface area contributed by atoms with Gasteiger partial charge in [0.05, 0.1) is 12.4 Å². The van der Waals surface area contributed by atoms with Crippen molar-refractivity contribution in [2.75, 3.05) is 18.0 Å². The fourth-order valence-corrected chi connectivity index (χ4v) is 1.91. The Balaban J connectivity index is 2.33. The van der Waals surface area contributed by atoms with Gasteiger partial charge in [0.15, 0.2) is 11.6 Å². The molecule has 0 aromatic carbocycles. The number of anilines is 1. The largest absolute Gasteiger partial charge is 0.487 e. The average Bonchev–Trinajstić information content (AvgIpc) is 3.12. The number of aromatic nitrogens is 1. The molecule has 0 atom stereocenters. The van der Waals surface area contributed by atoms with E-state index in [9.17, 15) is 13.2 Å². The minimum atomic E-state index is -3.49. The molecule has 1 aliphatic carbocycles. The number of nitrogens with one attached hydrogen (secondary N) is 2. The van der Waals surface area contributed by atoms with Crippen molar-refractivity contribution in [3.8, 4) is 5.75 Å². The summed E-state index contributed by atoms with van der Waals surface area (Å²) >= 11 is 0. The van der Waals surface area contributed by atoms with Crippen LogP contribution in [0.2, 0.25) is 0 Å². The topological polar surface area (TPSA) is 97.4 Å². The van der Waals surface area contributed by atoms with Gasteiger partial charge in [0, 0.05) is 7.05 Å². The third-order valence-corrected chi connectivity index (χ3v) is 2.98. The van der Waals surface area contributed by atoms with Crippen molar-refractivity contribution in [3.63, 3.8) is 0 Å². The maximum absolute atomic E-state index is 11.5. The van der Waals surface area contributed by atoms with Crippen molar-refractivity contribution in [2.24, 2.45) is 0 Å². The van der Waals surface area contributed by atoms with Gasteiger partial charge in [0.1, 0.15) is 5.69 Å². The van der Waals surface area contributed by atoms with Crippen LogP contribution in [-0.4, -0.2) is 38.7 Å². The van der Waals surface area contributed by atoms with Gasteiger partial charge in [0.2, 0.25) is 10.0 Å². The van der Waals surface area contributed by atoms with Crippen LogP contribution in [0.15, 0.2) is 12.1 Å². The molecule has 0 bridgehead atoms. The lowest BCUT2D eigenvalue weighted by Crippen LogP contribution is -2.21. The van der Waals surface area contributed by atoms with E-state index in [2.05, 4.69) is 15.0 Å². The molecule has 0 saturated heterocycles. The van der Waals surface area contributed by atoms with Crippen molar-refractivity contribution in [2.45, 2.75) is 18.9 Å². The lowest BCUT2D eigenvalue weighted by Gasteiger charge is -2.12. The van der Waals surface area contributed by atoms with Crippen LogP contribution in [0.3, 0.4) is 0 Å². The summed E-state index contributed by atoms with van der Waals surface area (Å²) in [5.41, 5.74) is 0.122. The van der Waals surface area contributed by atoms with E-state index < -0.39 is 15.9 Å². The van der Waals surface area contributed by atoms with Crippen LogP contribution >= 0.6 is 0 Å². The molecule has 1 aromatic rings. The predicted molar refractivity (Wildman–Crippen MR) is 69.7 cm³/mol. The molecule has 19 heavy (non-hydrogen) atoms. The van der Waals surface area contributed by atoms with Crippen LogP contribution < -0.4 is 14.8 Å². The van der Waals surface area contributed by atoms with Gasteiger partial charge in [-0.2, -0.15) is 0 Å². The summed E-state index contributed by atoms with van der Waals surface area (Å²) in [5, 5.41) is 2.42. The normalized spacial score (nSPS) is 14.8. The zero-order chi connectivity index (χ0) is 14.0. The predicted octanol–water partition coefficient (Wildman–Crippen LogP) is 0.354. The number of hydrogen-bond donors (Lipinski definition) is 2. The van der Waals surface area contributed by atoms with Crippen molar-refractivity contribution in [1.29, 1.82) is 0 Å². The highest BCUT2D eigenvalue weighted by atomic mass is 32.2. The fourth-order valence-electron chi connectivity index (χ4n) is 1.41. The molecule has 0 radical (unpaired) electrons. The Morgan fingerprint density at radius 3 is 2.63 bits per heavy atom. The highest BCUT2D eigenvalue weighted by molar-refractivity contribution is 7.92. The van der Waals surface area contributed by atoms with Gasteiger partial charge in [0.25, 0.3) is 5.91 Å². The Labute approximate surface area is 111 Å². The van der Waals surface area contributed by atoms with Gasteiger partial charge < -0.3 is 10.1 Å². The number of nitrogens with zero attached hydrogens (tertiary/aromatic N) is 1. The maximum Gasteiger partial charge on any atom is 0.269 e. The first-order valence-electron chi connectivity index (χ1n) is 5.76. The van der Waals surface area contributed by atoms with Gasteiger partial charge in [-0.3, -0.25) is 9.52 Å². The molecule has 0 unspecified atom stereocenters. The molecular formula is C11H15N3O4S. The lowest BCUT2D eigenvalue weighted by atomic mass is 10.3. The van der Waals surface area contributed by atoms with E-state index in [1.54, 1.807) is 6.07 Å². The highest BCUT2D eigenvalue weighted by Crippen LogP contribution is 2.31. The molecule has 2 rings (SSSR count). The average molecular weight is 285 g/mol. The molecule has 1 heterocycles. The number of rotatable bonds is 5. The fraction of sp³-hybridized carbons (Fsp3) is 0.455. The summed E-state index contributed by atoms with van der Waals surface area (Å²) in [6.45, 7) is 0. The molecule has 1 fully saturated rings. The van der Waals surface area contributed by atoms with Gasteiger partial charge in [-0.25, -0.2) is 13.4 Å². The summed E-state index contributed by atoms with van der Waals surface area (Å²) in [7, 11) is -2.01. The molecule has 0 spiro atoms. The molecule has 8 heteroatoms. The second-order valence-corrected chi connectivity index (χ2v) is 6.06. The van der Waals surface area contributed by atoms with Crippen molar-refractivity contribution in [1.82, 2.24) is 10.3 Å². The SMILES string of the molecule is CNC(=O)c1ccc(OC2CC2)c(NS(C)(=O)=O)n1. The molecule has 0 aliphatic heterocycles. The first kappa shape index (κ1) is 13.6. The first-order valence-corrected chi connectivity index (χ1v) is 7.66. The third kappa shape index (κ3) is 3.82. The minimum Gasteiger partial charge on any atom is -0.487 e. The molecule has 1 aromatic heterocycles. The van der Waals surface area contributed by atoms with Crippen LogP contribution in [0.1, 0.15) is 23.3 Å². The van der Waals surface area contributed by atoms with E-state index in [-0.39, 0.29) is 17.6 Å². The first-order chi connectivity index (χ1) is 8.89. The number of pyridine rings is 1. The van der Waals surface area contributed by atoms with Gasteiger partial charge in [-0.05, 0) is 25.0 Å². The van der Waals surface area contributed by atoms with E-state index in [1.807, 2.05) is 0 Å². The number of carbonyl (C=O) groups is 1. The van der Waals surface area contributed by atoms with E-state index in [0.717, 1.165) is 19.1 Å². The van der Waals surface area contributed by atoms with Crippen molar-refractivity contribution >= 4 is 21.7 Å². The smallest absolute Gasteiger partial charge is 0.269 e. The Hall–Kier alpha value is -1.83. The van der Waals surface area contributed by atoms with Crippen LogP contribution in [0.4, 0.5) is 5.82 Å². The van der Waals surface area contributed by atoms with Crippen molar-refractivity contribution in [3.05, 3.63) is 17.8 Å². The summed E-state index contributed by atoms with van der Waals surface area (Å²) < 4.78 is 30.4. The molecule has 1 aliphatic rings. The van der Waals surface area contributed by atoms with Gasteiger partial charge in [-0.1, -0.05) is 0 Å². The number of hydrogen-bond acceptors (Lipinski definition) is 5. The minimum absolute atomic E-state index is 0.0375. The van der Waals surface area contributed by atoms with Crippen LogP contribution in [0.25, 0.3) is 0 Å². The summed E-state index contributed by atoms with van der Waals surface area (Å²) in [6.07, 6.45) is 3.00. The summed E-state index contributed by atoms with van der Waals surface area (Å²) in [6, 6.07) is 3.04. The van der Waals surface area contributed by atoms with Crippen LogP contribution in [-0.2, 0) is 10.0 Å². The van der Waals surface area contributed by atoms with Crippen molar-refractivity contribution < 1.29 is 17.9 Å². The van der Waals surface area contributed by atoms with Gasteiger partial charge in [-0.15, -0.1) is 0 Å². The lowest BCUT2D eigenvalue weighted by molar-refractivity contribution is 0.0958. The number of amides is 1. The third-order valence-electron chi connectivity index (χ3n) is 2.42. The molecule has 1 amide bonds. The zero-order valence-electron chi connectivity index (χ0n) is 10.6.